The maximum Gasteiger partial charge on any atom is 0.243 e. The number of carbonyl (C=O) groups excluding carboxylic acids is 8. The molecule has 0 unspecified atom stereocenters. The summed E-state index contributed by atoms with van der Waals surface area (Å²) in [5.74, 6) is -4.76. The Bertz CT molecular complexity index is 2450. The number of H-pyrrole nitrogens is 2. The number of rotatable bonds is 17. The number of carbonyl (C=O) groups is 8. The van der Waals surface area contributed by atoms with E-state index in [9.17, 15) is 38.4 Å². The van der Waals surface area contributed by atoms with E-state index in [1.807, 2.05) is 24.3 Å². The number of para-hydroxylation sites is 1. The van der Waals surface area contributed by atoms with Crippen LogP contribution in [0.1, 0.15) is 62.3 Å². The zero-order chi connectivity index (χ0) is 51.1. The van der Waals surface area contributed by atoms with E-state index < -0.39 is 72.2 Å². The Kier molecular flexibility index (Phi) is 22.1. The summed E-state index contributed by atoms with van der Waals surface area (Å²) in [6.07, 6.45) is 6.61. The summed E-state index contributed by atoms with van der Waals surface area (Å²) in [6.45, 7) is 1.68. The first-order valence-corrected chi connectivity index (χ1v) is 25.8. The zero-order valence-electron chi connectivity index (χ0n) is 39.6. The van der Waals surface area contributed by atoms with Crippen LogP contribution < -0.4 is 49.1 Å². The van der Waals surface area contributed by atoms with E-state index in [1.165, 1.54) is 45.9 Å². The monoisotopic (exact) mass is 1020 g/mol. The smallest absolute Gasteiger partial charge is 0.243 e. The van der Waals surface area contributed by atoms with Gasteiger partial charge in [-0.1, -0.05) is 76.5 Å². The van der Waals surface area contributed by atoms with Crippen LogP contribution in [0.15, 0.2) is 78.3 Å². The molecule has 5 rings (SSSR count). The van der Waals surface area contributed by atoms with Crippen LogP contribution in [0.2, 0.25) is 0 Å². The van der Waals surface area contributed by atoms with Gasteiger partial charge in [0, 0.05) is 92.7 Å². The lowest BCUT2D eigenvalue weighted by Crippen LogP contribution is -2.60. The second-order valence-corrected chi connectivity index (χ2v) is 19.6. The van der Waals surface area contributed by atoms with Crippen LogP contribution in [-0.2, 0) is 57.6 Å². The van der Waals surface area contributed by atoms with Gasteiger partial charge < -0.3 is 64.0 Å². The van der Waals surface area contributed by atoms with Crippen molar-refractivity contribution in [3.05, 3.63) is 90.1 Å². The number of guanidine groups is 1. The Labute approximate surface area is 419 Å². The maximum atomic E-state index is 14.6. The molecule has 24 heteroatoms. The largest absolute Gasteiger partial charge is 0.370 e. The molecule has 4 aromatic rings. The zero-order valence-corrected chi connectivity index (χ0v) is 41.2. The molecule has 0 bridgehead atoms. The summed E-state index contributed by atoms with van der Waals surface area (Å²) in [4.78, 5) is 125. The van der Waals surface area contributed by atoms with Crippen molar-refractivity contribution in [1.82, 2.24) is 51.8 Å². The summed E-state index contributed by atoms with van der Waals surface area (Å²) in [5, 5.41) is 17.4. The van der Waals surface area contributed by atoms with E-state index in [4.69, 9.17) is 17.2 Å². The third-order valence-electron chi connectivity index (χ3n) is 11.4. The van der Waals surface area contributed by atoms with Gasteiger partial charge in [0.2, 0.25) is 47.3 Å². The first-order valence-electron chi connectivity index (χ1n) is 23.3. The SMILES string of the molecule is CC(=O)NCCCCCC(=O)N1CCSSC[C@@H](C(N)=O)NC(=O)[C@H](Cc2c[nH]c3ccccc23)NC(=O)[C@H](CCCN=C(N)N)NC(=O)[C@@H](Cc2ccccc2)NC(=O)[C@H](Cc2cnc[nH]2)NC(=O)C1. The summed E-state index contributed by atoms with van der Waals surface area (Å²) in [7, 11) is 2.50. The molecule has 22 nitrogen and oxygen atoms in total. The highest BCUT2D eigenvalue weighted by molar-refractivity contribution is 8.76. The van der Waals surface area contributed by atoms with Crippen LogP contribution in [0, 0.1) is 0 Å². The molecule has 382 valence electrons. The van der Waals surface area contributed by atoms with Gasteiger partial charge in [0.15, 0.2) is 5.96 Å². The van der Waals surface area contributed by atoms with Crippen LogP contribution in [0.4, 0.5) is 0 Å². The predicted molar refractivity (Wildman–Crippen MR) is 272 cm³/mol. The van der Waals surface area contributed by atoms with Crippen molar-refractivity contribution in [1.29, 1.82) is 0 Å². The molecule has 5 atom stereocenters. The number of nitrogens with two attached hydrogens (primary N) is 3. The van der Waals surface area contributed by atoms with Gasteiger partial charge in [0.1, 0.15) is 30.2 Å². The van der Waals surface area contributed by atoms with Gasteiger partial charge in [0.05, 0.1) is 12.9 Å². The third kappa shape index (κ3) is 18.6. The molecular formula is C47H64N14O8S2. The molecule has 1 aliphatic rings. The average Bonchev–Trinajstić information content (AvgIpc) is 4.01. The second-order valence-electron chi connectivity index (χ2n) is 17.0. The van der Waals surface area contributed by atoms with Crippen molar-refractivity contribution in [2.75, 3.05) is 37.7 Å². The lowest BCUT2D eigenvalue weighted by Gasteiger charge is -2.28. The number of unbranched alkanes of at least 4 members (excludes halogenated alkanes) is 2. The molecule has 0 spiro atoms. The van der Waals surface area contributed by atoms with Gasteiger partial charge >= 0.3 is 0 Å². The van der Waals surface area contributed by atoms with Gasteiger partial charge in [-0.3, -0.25) is 43.3 Å². The standard InChI is InChI=1S/C47H64N14O8S2/c1-29(62)52-17-9-3-6-16-41(64)61-19-20-70-71-27-39(42(48)65)60-45(68)37(22-31-24-54-34-14-8-7-13-33(31)34)59-43(66)35(15-10-18-53-47(49)50)57-44(67)36(21-30-11-4-2-5-12-30)58-46(69)38(56-40(63)26-61)23-32-25-51-28-55-32/h2,4-5,7-8,11-14,24-25,28,35-39,54H,3,6,9-10,15-23,26-27H2,1H3,(H2,48,65)(H,51,55)(H,52,62)(H,56,63)(H,57,67)(H,58,69)(H,59,66)(H,60,68)(H4,49,50,53)/t35-,36+,37-,38-,39-/m0/s1. The fourth-order valence-corrected chi connectivity index (χ4v) is 9.87. The van der Waals surface area contributed by atoms with Gasteiger partial charge in [-0.05, 0) is 42.9 Å². The number of aromatic nitrogens is 3. The van der Waals surface area contributed by atoms with Gasteiger partial charge in [-0.15, -0.1) is 0 Å². The van der Waals surface area contributed by atoms with E-state index in [0.29, 0.717) is 48.4 Å². The second kappa shape index (κ2) is 28.6. The minimum atomic E-state index is -1.31. The Morgan fingerprint density at radius 3 is 2.14 bits per heavy atom. The highest BCUT2D eigenvalue weighted by atomic mass is 33.1. The quantitative estimate of drug-likeness (QED) is 0.0283. The molecule has 0 aliphatic carbocycles. The minimum absolute atomic E-state index is 0.00957. The highest BCUT2D eigenvalue weighted by Gasteiger charge is 2.34. The molecule has 0 saturated carbocycles. The van der Waals surface area contributed by atoms with E-state index >= 15 is 0 Å². The number of primary amides is 1. The lowest BCUT2D eigenvalue weighted by atomic mass is 10.0. The number of amides is 8. The van der Waals surface area contributed by atoms with Crippen molar-refractivity contribution in [2.24, 2.45) is 22.2 Å². The number of nitrogens with one attached hydrogen (secondary N) is 8. The number of hydrogen-bond acceptors (Lipinski definition) is 12. The number of nitrogens with zero attached hydrogens (tertiary/aromatic N) is 3. The number of imidazole rings is 1. The normalized spacial score (nSPS) is 20.2. The summed E-state index contributed by atoms with van der Waals surface area (Å²) in [6, 6.07) is 9.92. The van der Waals surface area contributed by atoms with Crippen LogP contribution in [-0.4, -0.2) is 141 Å². The summed E-state index contributed by atoms with van der Waals surface area (Å²) >= 11 is 0. The minimum Gasteiger partial charge on any atom is -0.370 e. The van der Waals surface area contributed by atoms with Crippen molar-refractivity contribution in [2.45, 2.75) is 94.9 Å². The van der Waals surface area contributed by atoms with Crippen molar-refractivity contribution >= 4 is 85.7 Å². The van der Waals surface area contributed by atoms with Gasteiger partial charge in [-0.2, -0.15) is 0 Å². The Morgan fingerprint density at radius 1 is 0.761 bits per heavy atom. The molecule has 71 heavy (non-hydrogen) atoms. The van der Waals surface area contributed by atoms with Crippen LogP contribution >= 0.6 is 21.6 Å². The molecule has 1 aliphatic heterocycles. The number of benzene rings is 2. The molecule has 0 radical (unpaired) electrons. The number of hydrogen-bond donors (Lipinski definition) is 11. The third-order valence-corrected chi connectivity index (χ3v) is 13.8. The molecule has 1 fully saturated rings. The van der Waals surface area contributed by atoms with Crippen LogP contribution in [0.25, 0.3) is 10.9 Å². The molecule has 2 aromatic carbocycles. The Balaban J connectivity index is 1.50. The number of aliphatic imine (C=N–C) groups is 1. The highest BCUT2D eigenvalue weighted by Crippen LogP contribution is 2.23. The van der Waals surface area contributed by atoms with E-state index in [-0.39, 0.29) is 75.1 Å². The summed E-state index contributed by atoms with van der Waals surface area (Å²) in [5.41, 5.74) is 19.6. The van der Waals surface area contributed by atoms with Gasteiger partial charge in [0.25, 0.3) is 0 Å². The van der Waals surface area contributed by atoms with E-state index in [1.54, 1.807) is 36.5 Å². The average molecular weight is 1020 g/mol. The number of aromatic amines is 2. The maximum absolute atomic E-state index is 14.6. The first-order chi connectivity index (χ1) is 34.2. The Hall–Kier alpha value is -7.08. The number of fused-ring (bicyclic) bond motifs is 1. The van der Waals surface area contributed by atoms with Crippen LogP contribution in [0.5, 0.6) is 0 Å². The molecule has 3 heterocycles. The molecular weight excluding hydrogens is 953 g/mol. The molecule has 14 N–H and O–H groups in total. The van der Waals surface area contributed by atoms with Gasteiger partial charge in [-0.25, -0.2) is 4.98 Å². The lowest BCUT2D eigenvalue weighted by molar-refractivity contribution is -0.137. The fraction of sp³-hybridized carbons (Fsp3) is 0.447. The molecule has 8 amide bonds. The van der Waals surface area contributed by atoms with Crippen LogP contribution in [0.3, 0.4) is 0 Å². The predicted octanol–water partition coefficient (Wildman–Crippen LogP) is -0.198. The first kappa shape index (κ1) is 54.9. The fourth-order valence-electron chi connectivity index (χ4n) is 7.70. The van der Waals surface area contributed by atoms with E-state index in [2.05, 4.69) is 51.8 Å². The Morgan fingerprint density at radius 2 is 1.44 bits per heavy atom. The van der Waals surface area contributed by atoms with Crippen molar-refractivity contribution in [3.8, 4) is 0 Å². The van der Waals surface area contributed by atoms with Crippen molar-refractivity contribution < 1.29 is 38.4 Å². The summed E-state index contributed by atoms with van der Waals surface area (Å²) < 4.78 is 0. The van der Waals surface area contributed by atoms with E-state index in [0.717, 1.165) is 10.9 Å². The molecule has 2 aromatic heterocycles. The van der Waals surface area contributed by atoms with Crippen molar-refractivity contribution in [3.63, 3.8) is 0 Å². The topological polar surface area (TPSA) is 347 Å². The molecule has 1 saturated heterocycles.